The summed E-state index contributed by atoms with van der Waals surface area (Å²) >= 11 is 0. The fraction of sp³-hybridized carbons (Fsp3) is 0.296. The summed E-state index contributed by atoms with van der Waals surface area (Å²) in [5.41, 5.74) is 7.03. The molecule has 2 aliphatic rings. The van der Waals surface area contributed by atoms with E-state index in [1.165, 1.54) is 34.9 Å². The van der Waals surface area contributed by atoms with Crippen molar-refractivity contribution >= 4 is 5.97 Å². The number of hydrogen-bond acceptors (Lipinski definition) is 5. The van der Waals surface area contributed by atoms with Gasteiger partial charge in [-0.2, -0.15) is 0 Å². The maximum Gasteiger partial charge on any atom is 0.343 e. The third kappa shape index (κ3) is 4.34. The molecule has 0 radical (unpaired) electrons. The number of carbonyl (C=O) groups is 1. The third-order valence-electron chi connectivity index (χ3n) is 6.30. The minimum absolute atomic E-state index is 0.0579. The molecule has 3 aromatic carbocycles. The van der Waals surface area contributed by atoms with E-state index in [1.54, 1.807) is 0 Å². The Labute approximate surface area is 188 Å². The topological polar surface area (TPSA) is 48.0 Å². The average Bonchev–Trinajstić information content (AvgIpc) is 3.42. The van der Waals surface area contributed by atoms with E-state index >= 15 is 0 Å². The Morgan fingerprint density at radius 2 is 1.66 bits per heavy atom. The molecule has 164 valence electrons. The molecule has 0 bridgehead atoms. The molecule has 0 saturated heterocycles. The number of nitrogens with zero attached hydrogens (tertiary/aromatic N) is 1. The summed E-state index contributed by atoms with van der Waals surface area (Å²) < 4.78 is 16.3. The predicted octanol–water partition coefficient (Wildman–Crippen LogP) is 4.82. The number of methoxy groups -OCH3 is 1. The molecule has 0 N–H and O–H groups in total. The lowest BCUT2D eigenvalue weighted by atomic mass is 10.0. The van der Waals surface area contributed by atoms with Gasteiger partial charge in [-0.15, -0.1) is 0 Å². The molecule has 5 heteroatoms. The zero-order chi connectivity index (χ0) is 21.9. The Morgan fingerprint density at radius 1 is 0.938 bits per heavy atom. The zero-order valence-electron chi connectivity index (χ0n) is 18.3. The van der Waals surface area contributed by atoms with Crippen LogP contribution in [0, 0.1) is 0 Å². The normalized spacial score (nSPS) is 17.0. The van der Waals surface area contributed by atoms with Gasteiger partial charge in [0.15, 0.2) is 6.61 Å². The standard InChI is InChI=1S/C27H27NO4/c1-30-27(29)18-31-22-9-11-23(12-10-22)32-26-14-13-24-21(7-4-8-25(24)26)17-28-15-19-5-2-3-6-20(19)16-28/h2-12,26H,13-18H2,1H3/t26-/m1/s1. The highest BCUT2D eigenvalue weighted by Crippen LogP contribution is 2.38. The lowest BCUT2D eigenvalue weighted by Crippen LogP contribution is -2.16. The highest BCUT2D eigenvalue weighted by atomic mass is 16.6. The summed E-state index contributed by atoms with van der Waals surface area (Å²) in [4.78, 5) is 13.7. The first kappa shape index (κ1) is 20.6. The zero-order valence-corrected chi connectivity index (χ0v) is 18.3. The van der Waals surface area contributed by atoms with Crippen molar-refractivity contribution in [3.8, 4) is 11.5 Å². The van der Waals surface area contributed by atoms with Crippen molar-refractivity contribution in [1.82, 2.24) is 4.90 Å². The van der Waals surface area contributed by atoms with Gasteiger partial charge < -0.3 is 14.2 Å². The first-order chi connectivity index (χ1) is 15.7. The van der Waals surface area contributed by atoms with Crippen LogP contribution in [0.5, 0.6) is 11.5 Å². The van der Waals surface area contributed by atoms with E-state index in [-0.39, 0.29) is 12.7 Å². The molecule has 0 amide bonds. The Morgan fingerprint density at radius 3 is 2.38 bits per heavy atom. The fourth-order valence-electron chi connectivity index (χ4n) is 4.70. The third-order valence-corrected chi connectivity index (χ3v) is 6.30. The van der Waals surface area contributed by atoms with Crippen molar-refractivity contribution in [2.45, 2.75) is 38.6 Å². The van der Waals surface area contributed by atoms with Crippen molar-refractivity contribution in [3.05, 3.63) is 94.5 Å². The fourth-order valence-corrected chi connectivity index (χ4v) is 4.70. The van der Waals surface area contributed by atoms with Gasteiger partial charge in [0.2, 0.25) is 0 Å². The van der Waals surface area contributed by atoms with Crippen molar-refractivity contribution in [1.29, 1.82) is 0 Å². The molecule has 1 aliphatic carbocycles. The molecular formula is C27H27NO4. The molecule has 5 nitrogen and oxygen atoms in total. The Balaban J connectivity index is 1.24. The van der Waals surface area contributed by atoms with E-state index in [9.17, 15) is 4.79 Å². The van der Waals surface area contributed by atoms with E-state index in [1.807, 2.05) is 24.3 Å². The molecule has 0 aromatic heterocycles. The molecule has 1 aliphatic heterocycles. The predicted molar refractivity (Wildman–Crippen MR) is 121 cm³/mol. The Bertz CT molecular complexity index is 1080. The Hall–Kier alpha value is -3.31. The van der Waals surface area contributed by atoms with Crippen molar-refractivity contribution in [3.63, 3.8) is 0 Å². The number of fused-ring (bicyclic) bond motifs is 2. The van der Waals surface area contributed by atoms with Gasteiger partial charge in [0.05, 0.1) is 7.11 Å². The van der Waals surface area contributed by atoms with Crippen LogP contribution in [0.25, 0.3) is 0 Å². The molecule has 5 rings (SSSR count). The van der Waals surface area contributed by atoms with Crippen LogP contribution in [0.3, 0.4) is 0 Å². The molecule has 0 unspecified atom stereocenters. The maximum atomic E-state index is 11.2. The lowest BCUT2D eigenvalue weighted by molar-refractivity contribution is -0.142. The summed E-state index contributed by atoms with van der Waals surface area (Å²) in [6.45, 7) is 2.91. The molecular weight excluding hydrogens is 402 g/mol. The summed E-state index contributed by atoms with van der Waals surface area (Å²) in [7, 11) is 1.34. The van der Waals surface area contributed by atoms with Gasteiger partial charge in [0.1, 0.15) is 17.6 Å². The van der Waals surface area contributed by atoms with Gasteiger partial charge in [-0.05, 0) is 64.9 Å². The van der Waals surface area contributed by atoms with Crippen LogP contribution in [0.15, 0.2) is 66.7 Å². The van der Waals surface area contributed by atoms with Crippen LogP contribution in [-0.4, -0.2) is 24.6 Å². The molecule has 1 heterocycles. The molecule has 3 aromatic rings. The summed E-state index contributed by atoms with van der Waals surface area (Å²) in [5, 5.41) is 0. The van der Waals surface area contributed by atoms with Gasteiger partial charge in [0, 0.05) is 19.6 Å². The second-order valence-corrected chi connectivity index (χ2v) is 8.38. The van der Waals surface area contributed by atoms with Crippen LogP contribution in [0.4, 0.5) is 0 Å². The number of carbonyl (C=O) groups excluding carboxylic acids is 1. The minimum atomic E-state index is -0.401. The van der Waals surface area contributed by atoms with Crippen molar-refractivity contribution < 1.29 is 19.0 Å². The quantitative estimate of drug-likeness (QED) is 0.504. The molecule has 0 spiro atoms. The minimum Gasteiger partial charge on any atom is -0.486 e. The molecule has 32 heavy (non-hydrogen) atoms. The first-order valence-corrected chi connectivity index (χ1v) is 11.1. The monoisotopic (exact) mass is 429 g/mol. The van der Waals surface area contributed by atoms with Gasteiger partial charge >= 0.3 is 5.97 Å². The summed E-state index contributed by atoms with van der Waals surface area (Å²) in [5.74, 6) is 1.01. The summed E-state index contributed by atoms with van der Waals surface area (Å²) in [6, 6.07) is 22.7. The second-order valence-electron chi connectivity index (χ2n) is 8.38. The number of rotatable bonds is 7. The number of hydrogen-bond donors (Lipinski definition) is 0. The van der Waals surface area contributed by atoms with Gasteiger partial charge in [-0.3, -0.25) is 4.90 Å². The Kier molecular flexibility index (Phi) is 5.82. The molecule has 1 atom stereocenters. The number of ether oxygens (including phenoxy) is 3. The van der Waals surface area contributed by atoms with Gasteiger partial charge in [0.25, 0.3) is 0 Å². The van der Waals surface area contributed by atoms with Crippen molar-refractivity contribution in [2.75, 3.05) is 13.7 Å². The smallest absolute Gasteiger partial charge is 0.343 e. The maximum absolute atomic E-state index is 11.2. The second kappa shape index (κ2) is 9.05. The van der Waals surface area contributed by atoms with E-state index < -0.39 is 5.97 Å². The van der Waals surface area contributed by atoms with Crippen molar-refractivity contribution in [2.24, 2.45) is 0 Å². The summed E-state index contributed by atoms with van der Waals surface area (Å²) in [6.07, 6.45) is 2.08. The molecule has 0 saturated carbocycles. The number of esters is 1. The van der Waals surface area contributed by atoms with E-state index in [0.717, 1.165) is 38.2 Å². The van der Waals surface area contributed by atoms with Crippen LogP contribution >= 0.6 is 0 Å². The SMILES string of the molecule is COC(=O)COc1ccc(O[C@@H]2CCc3c(CN4Cc5ccccc5C4)cccc32)cc1. The molecule has 0 fully saturated rings. The van der Waals surface area contributed by atoms with Gasteiger partial charge in [-0.1, -0.05) is 42.5 Å². The van der Waals surface area contributed by atoms with Crippen LogP contribution in [0.1, 0.15) is 40.3 Å². The average molecular weight is 430 g/mol. The van der Waals surface area contributed by atoms with Crippen LogP contribution in [0.2, 0.25) is 0 Å². The van der Waals surface area contributed by atoms with E-state index in [4.69, 9.17) is 9.47 Å². The van der Waals surface area contributed by atoms with Crippen LogP contribution < -0.4 is 9.47 Å². The largest absolute Gasteiger partial charge is 0.486 e. The van der Waals surface area contributed by atoms with E-state index in [0.29, 0.717) is 5.75 Å². The van der Waals surface area contributed by atoms with Gasteiger partial charge in [-0.25, -0.2) is 4.79 Å². The number of benzene rings is 3. The highest BCUT2D eigenvalue weighted by Gasteiger charge is 2.27. The van der Waals surface area contributed by atoms with Crippen LogP contribution in [-0.2, 0) is 35.6 Å². The highest BCUT2D eigenvalue weighted by molar-refractivity contribution is 5.70. The first-order valence-electron chi connectivity index (χ1n) is 11.1. The lowest BCUT2D eigenvalue weighted by Gasteiger charge is -2.19. The van der Waals surface area contributed by atoms with E-state index in [2.05, 4.69) is 52.1 Å².